The lowest BCUT2D eigenvalue weighted by Crippen LogP contribution is -2.61. The highest BCUT2D eigenvalue weighted by Gasteiger charge is 2.36. The second-order valence-corrected chi connectivity index (χ2v) is 5.55. The molecule has 0 saturated heterocycles. The lowest BCUT2D eigenvalue weighted by atomic mass is 10.4. The van der Waals surface area contributed by atoms with E-state index in [2.05, 4.69) is 4.29 Å². The van der Waals surface area contributed by atoms with Gasteiger partial charge in [-0.25, -0.2) is 0 Å². The zero-order valence-corrected chi connectivity index (χ0v) is 9.03. The molecule has 1 aromatic carbocycles. The van der Waals surface area contributed by atoms with Crippen LogP contribution in [-0.4, -0.2) is 4.74 Å². The van der Waals surface area contributed by atoms with Gasteiger partial charge in [-0.05, 0) is 12.1 Å². The van der Waals surface area contributed by atoms with Crippen molar-refractivity contribution >= 4 is 23.5 Å². The van der Waals surface area contributed by atoms with Gasteiger partial charge in [0, 0.05) is 9.79 Å². The van der Waals surface area contributed by atoms with Crippen molar-refractivity contribution in [1.29, 1.82) is 0 Å². The van der Waals surface area contributed by atoms with E-state index in [1.165, 1.54) is 0 Å². The minimum atomic E-state index is -4.59. The molecule has 0 radical (unpaired) electrons. The second-order valence-electron chi connectivity index (χ2n) is 2.36. The third-order valence-electron chi connectivity index (χ3n) is 1.39. The summed E-state index contributed by atoms with van der Waals surface area (Å²) in [5.74, 6) is 0. The van der Waals surface area contributed by atoms with Gasteiger partial charge in [0.2, 0.25) is 0 Å². The fourth-order valence-electron chi connectivity index (χ4n) is 0.928. The normalized spacial score (nSPS) is 20.4. The first-order valence-corrected chi connectivity index (χ1v) is 6.33. The number of thioether (sulfide) groups is 2. The van der Waals surface area contributed by atoms with E-state index < -0.39 is 15.0 Å². The minimum Gasteiger partial charge on any atom is -0.183 e. The molecule has 0 aliphatic carbocycles. The molecule has 7 heteroatoms. The van der Waals surface area contributed by atoms with E-state index in [0.717, 1.165) is 33.3 Å². The van der Waals surface area contributed by atoms with Crippen LogP contribution in [0.4, 0.5) is 0 Å². The highest BCUT2D eigenvalue weighted by Crippen LogP contribution is 2.48. The summed E-state index contributed by atoms with van der Waals surface area (Å²) in [5.41, 5.74) is 0. The average molecular weight is 254 g/mol. The fraction of sp³-hybridized carbons (Fsp3) is 0.143. The van der Waals surface area contributed by atoms with Gasteiger partial charge in [-0.1, -0.05) is 35.7 Å². The first-order valence-electron chi connectivity index (χ1n) is 3.97. The molecule has 76 valence electrons. The van der Waals surface area contributed by atoms with Crippen LogP contribution in [-0.2, 0) is 4.29 Å². The summed E-state index contributed by atoms with van der Waals surface area (Å²) in [5, 5.41) is 0. The van der Waals surface area contributed by atoms with Gasteiger partial charge in [0.1, 0.15) is 1.37 Å². The summed E-state index contributed by atoms with van der Waals surface area (Å²) >= 11 is 1.77. The summed E-state index contributed by atoms with van der Waals surface area (Å²) < 4.78 is 41.1. The van der Waals surface area contributed by atoms with E-state index in [1.54, 1.807) is 24.3 Å². The van der Waals surface area contributed by atoms with Crippen LogP contribution in [0, 0.1) is 10.2 Å². The molecule has 2 rings (SSSR count). The van der Waals surface area contributed by atoms with Crippen molar-refractivity contribution in [3.05, 3.63) is 24.3 Å². The predicted molar refractivity (Wildman–Crippen MR) is 43.0 cm³/mol. The number of hydrogen-bond acceptors (Lipinski definition) is 6. The Kier molecular flexibility index (Phi) is 2.59. The molecule has 1 aliphatic rings. The lowest BCUT2D eigenvalue weighted by molar-refractivity contribution is -1.92. The van der Waals surface area contributed by atoms with Gasteiger partial charge in [0.05, 0.1) is 14.5 Å². The number of fused-ring (bicyclic) bond motifs is 1. The first kappa shape index (κ1) is 9.29. The van der Waals surface area contributed by atoms with Crippen molar-refractivity contribution in [3.63, 3.8) is 0 Å². The molecule has 14 heavy (non-hydrogen) atoms. The molecule has 1 aliphatic heterocycles. The molecule has 0 saturated carbocycles. The Morgan fingerprint density at radius 3 is 2.14 bits per heavy atom. The Balaban J connectivity index is 2.18. The van der Waals surface area contributed by atoms with Crippen LogP contribution < -0.4 is 14.0 Å². The van der Waals surface area contributed by atoms with Gasteiger partial charge in [-0.3, -0.25) is 0 Å². The van der Waals surface area contributed by atoms with Gasteiger partial charge in [0.25, 0.3) is 0 Å². The molecule has 0 amide bonds. The van der Waals surface area contributed by atoms with Crippen molar-refractivity contribution in [2.75, 3.05) is 0 Å². The van der Waals surface area contributed by atoms with E-state index in [9.17, 15) is 14.0 Å². The monoisotopic (exact) mass is 253 g/mol. The highest BCUT2D eigenvalue weighted by atomic mass is 35.7. The largest absolute Gasteiger partial charge is 0.314 e. The molecule has 0 aromatic heterocycles. The Hall–Kier alpha value is 0.0500. The lowest BCUT2D eigenvalue weighted by Gasteiger charge is -2.14. The van der Waals surface area contributed by atoms with E-state index in [4.69, 9.17) is 1.37 Å². The Bertz CT molecular complexity index is 358. The number of halogens is 1. The smallest absolute Gasteiger partial charge is 0.183 e. The molecule has 1 aromatic rings. The van der Waals surface area contributed by atoms with Crippen LogP contribution in [0.25, 0.3) is 0 Å². The third-order valence-corrected chi connectivity index (χ3v) is 4.20. The maximum Gasteiger partial charge on any atom is 0.314 e. The maximum atomic E-state index is 10.4. The van der Waals surface area contributed by atoms with Crippen LogP contribution in [0.5, 0.6) is 0 Å². The van der Waals surface area contributed by atoms with Gasteiger partial charge < -0.3 is 0 Å². The standard InChI is InChI=1S/C7H5ClO4S2/c9-8(10,11)12-7-13-5-3-1-2-4-6(5)14-7/h1-4,7H/i7D. The molecule has 0 spiro atoms. The van der Waals surface area contributed by atoms with E-state index in [-0.39, 0.29) is 0 Å². The first-order chi connectivity index (χ1) is 6.88. The van der Waals surface area contributed by atoms with E-state index in [0.29, 0.717) is 0 Å². The van der Waals surface area contributed by atoms with Crippen LogP contribution in [0.1, 0.15) is 1.37 Å². The van der Waals surface area contributed by atoms with Crippen molar-refractivity contribution in [1.82, 2.24) is 0 Å². The highest BCUT2D eigenvalue weighted by molar-refractivity contribution is 8.19. The quantitative estimate of drug-likeness (QED) is 0.679. The molecule has 0 N–H and O–H groups in total. The van der Waals surface area contributed by atoms with Crippen LogP contribution in [0.2, 0.25) is 0 Å². The summed E-state index contributed by atoms with van der Waals surface area (Å²) in [4.78, 5) is 1.47. The fourth-order valence-corrected chi connectivity index (χ4v) is 3.74. The summed E-state index contributed by atoms with van der Waals surface area (Å²) in [7, 11) is -4.59. The van der Waals surface area contributed by atoms with Crippen molar-refractivity contribution in [2.45, 2.75) is 14.5 Å². The Labute approximate surface area is 92.4 Å². The molecular formula is C7H5ClO4S2. The average Bonchev–Trinajstić information content (AvgIpc) is 2.35. The van der Waals surface area contributed by atoms with Crippen LogP contribution in [0.15, 0.2) is 34.1 Å². The predicted octanol–water partition coefficient (Wildman–Crippen LogP) is -0.918. The van der Waals surface area contributed by atoms with Crippen molar-refractivity contribution in [2.24, 2.45) is 0 Å². The van der Waals surface area contributed by atoms with E-state index >= 15 is 0 Å². The zero-order valence-electron chi connectivity index (χ0n) is 7.64. The summed E-state index contributed by atoms with van der Waals surface area (Å²) in [6.45, 7) is 0. The Morgan fingerprint density at radius 2 is 1.71 bits per heavy atom. The summed E-state index contributed by atoms with van der Waals surface area (Å²) in [6.07, 6.45) is 0. The molecular weight excluding hydrogens is 248 g/mol. The molecule has 1 heterocycles. The molecule has 0 fully saturated rings. The Morgan fingerprint density at radius 1 is 1.21 bits per heavy atom. The molecule has 4 nitrogen and oxygen atoms in total. The van der Waals surface area contributed by atoms with Crippen molar-refractivity contribution in [3.8, 4) is 0 Å². The van der Waals surface area contributed by atoms with Gasteiger partial charge in [0.15, 0.2) is 0 Å². The number of hydrogen-bond donors (Lipinski definition) is 0. The molecule has 0 unspecified atom stereocenters. The van der Waals surface area contributed by atoms with Gasteiger partial charge in [-0.2, -0.15) is 14.0 Å². The van der Waals surface area contributed by atoms with Crippen LogP contribution in [0.3, 0.4) is 0 Å². The van der Waals surface area contributed by atoms with E-state index in [1.807, 2.05) is 0 Å². The third kappa shape index (κ3) is 2.54. The zero-order chi connectivity index (χ0) is 11.1. The topological polar surface area (TPSA) is 78.4 Å². The van der Waals surface area contributed by atoms with Crippen LogP contribution >= 0.6 is 23.5 Å². The van der Waals surface area contributed by atoms with Crippen molar-refractivity contribution < 1.29 is 29.9 Å². The second kappa shape index (κ2) is 3.90. The molecule has 0 atom stereocenters. The van der Waals surface area contributed by atoms with Gasteiger partial charge in [-0.15, -0.1) is 0 Å². The summed E-state index contributed by atoms with van der Waals surface area (Å²) in [6, 6.07) is 7.00. The number of rotatable bonds is 2. The minimum absolute atomic E-state index is 0.733. The number of benzene rings is 1. The maximum absolute atomic E-state index is 10.4. The van der Waals surface area contributed by atoms with Gasteiger partial charge >= 0.3 is 4.74 Å². The SMILES string of the molecule is [2H]C1(O[Cl+3]([O-])([O-])[O-])Sc2ccccc2S1. The molecule has 0 bridgehead atoms.